The number of unbranched alkanes of at least 4 members (excludes halogenated alkanes) is 1. The molecule has 0 bridgehead atoms. The fraction of sp³-hybridized carbons (Fsp3) is 0.290. The maximum absolute atomic E-state index is 13.9. The van der Waals surface area contributed by atoms with Crippen molar-refractivity contribution in [1.82, 2.24) is 9.80 Å². The van der Waals surface area contributed by atoms with Crippen molar-refractivity contribution in [3.05, 3.63) is 105 Å². The van der Waals surface area contributed by atoms with Crippen LogP contribution in [0.4, 0.5) is 0 Å². The minimum absolute atomic E-state index is 0.00495. The summed E-state index contributed by atoms with van der Waals surface area (Å²) < 4.78 is 0. The summed E-state index contributed by atoms with van der Waals surface area (Å²) in [5.74, 6) is -0.0754. The third kappa shape index (κ3) is 4.80. The van der Waals surface area contributed by atoms with Crippen molar-refractivity contribution in [2.24, 2.45) is 0 Å². The maximum atomic E-state index is 13.9. The Morgan fingerprint density at radius 3 is 2.56 bits per heavy atom. The van der Waals surface area contributed by atoms with E-state index in [9.17, 15) is 9.59 Å². The van der Waals surface area contributed by atoms with E-state index in [1.807, 2.05) is 59.5 Å². The molecule has 1 aliphatic rings. The summed E-state index contributed by atoms with van der Waals surface area (Å²) in [6, 6.07) is 24.2. The van der Waals surface area contributed by atoms with Gasteiger partial charge in [-0.3, -0.25) is 9.59 Å². The van der Waals surface area contributed by atoms with Gasteiger partial charge in [-0.2, -0.15) is 0 Å². The molecule has 2 heterocycles. The van der Waals surface area contributed by atoms with Gasteiger partial charge in [-0.25, -0.2) is 0 Å². The molecule has 4 nitrogen and oxygen atoms in total. The van der Waals surface area contributed by atoms with Crippen molar-refractivity contribution in [3.8, 4) is 0 Å². The molecule has 0 aliphatic carbocycles. The molecule has 0 saturated carbocycles. The highest BCUT2D eigenvalue weighted by atomic mass is 32.1. The zero-order chi connectivity index (χ0) is 25.1. The van der Waals surface area contributed by atoms with Crippen molar-refractivity contribution in [2.45, 2.75) is 39.2 Å². The number of carbonyl (C=O) groups is 2. The van der Waals surface area contributed by atoms with E-state index in [2.05, 4.69) is 37.4 Å². The van der Waals surface area contributed by atoms with E-state index in [0.29, 0.717) is 18.7 Å². The zero-order valence-corrected chi connectivity index (χ0v) is 21.8. The van der Waals surface area contributed by atoms with Crippen LogP contribution in [0.1, 0.15) is 57.7 Å². The van der Waals surface area contributed by atoms with Gasteiger partial charge < -0.3 is 9.80 Å². The van der Waals surface area contributed by atoms with E-state index in [4.69, 9.17) is 0 Å². The topological polar surface area (TPSA) is 40.6 Å². The third-order valence-electron chi connectivity index (χ3n) is 7.16. The zero-order valence-electron chi connectivity index (χ0n) is 20.9. The predicted octanol–water partition coefficient (Wildman–Crippen LogP) is 6.63. The van der Waals surface area contributed by atoms with Crippen LogP contribution in [0.5, 0.6) is 0 Å². The molecule has 2 amide bonds. The molecule has 0 saturated heterocycles. The number of fused-ring (bicyclic) bond motifs is 2. The highest BCUT2D eigenvalue weighted by Crippen LogP contribution is 2.39. The first kappa shape index (κ1) is 24.3. The van der Waals surface area contributed by atoms with Crippen molar-refractivity contribution in [1.29, 1.82) is 0 Å². The van der Waals surface area contributed by atoms with E-state index in [0.717, 1.165) is 35.6 Å². The Balaban J connectivity index is 1.44. The van der Waals surface area contributed by atoms with E-state index in [1.54, 1.807) is 16.2 Å². The van der Waals surface area contributed by atoms with Crippen LogP contribution in [0.2, 0.25) is 0 Å². The maximum Gasteiger partial charge on any atom is 0.254 e. The standard InChI is InChI=1S/C31H32N2O2S/c1-3-4-17-32(31(35)25-14-13-23-10-6-7-11-24(23)20-25)21-29(34)33-18-15-28-27(16-19-36-28)30(33)26-12-8-5-9-22(26)2/h5-14,16,19-20,30H,3-4,15,17-18,21H2,1-2H3/t30-/m0/s1. The summed E-state index contributed by atoms with van der Waals surface area (Å²) in [5, 5.41) is 4.26. The van der Waals surface area contributed by atoms with E-state index in [1.165, 1.54) is 16.0 Å². The van der Waals surface area contributed by atoms with Gasteiger partial charge in [0.15, 0.2) is 0 Å². The van der Waals surface area contributed by atoms with Gasteiger partial charge in [0.2, 0.25) is 5.91 Å². The van der Waals surface area contributed by atoms with Crippen molar-refractivity contribution < 1.29 is 9.59 Å². The lowest BCUT2D eigenvalue weighted by Gasteiger charge is -2.38. The lowest BCUT2D eigenvalue weighted by atomic mass is 9.90. The normalized spacial score (nSPS) is 15.1. The summed E-state index contributed by atoms with van der Waals surface area (Å²) in [7, 11) is 0. The minimum atomic E-state index is -0.113. The molecule has 5 rings (SSSR count). The van der Waals surface area contributed by atoms with Crippen molar-refractivity contribution in [3.63, 3.8) is 0 Å². The molecule has 3 aromatic carbocycles. The second-order valence-corrected chi connectivity index (χ2v) is 10.5. The van der Waals surface area contributed by atoms with Gasteiger partial charge in [0.1, 0.15) is 6.54 Å². The first-order chi connectivity index (χ1) is 17.6. The second-order valence-electron chi connectivity index (χ2n) is 9.54. The van der Waals surface area contributed by atoms with Crippen LogP contribution >= 0.6 is 11.3 Å². The number of hydrogen-bond donors (Lipinski definition) is 0. The van der Waals surface area contributed by atoms with Crippen LogP contribution in [0.15, 0.2) is 78.2 Å². The van der Waals surface area contributed by atoms with Gasteiger partial charge in [-0.05, 0) is 70.8 Å². The minimum Gasteiger partial charge on any atom is -0.330 e. The van der Waals surface area contributed by atoms with Crippen LogP contribution in [-0.4, -0.2) is 41.2 Å². The van der Waals surface area contributed by atoms with E-state index >= 15 is 0 Å². The molecule has 1 atom stereocenters. The average Bonchev–Trinajstić information content (AvgIpc) is 3.39. The molecule has 4 aromatic rings. The Bertz CT molecular complexity index is 1390. The van der Waals surface area contributed by atoms with Crippen LogP contribution in [0.25, 0.3) is 10.8 Å². The molecule has 0 unspecified atom stereocenters. The Morgan fingerprint density at radius 1 is 0.972 bits per heavy atom. The van der Waals surface area contributed by atoms with E-state index < -0.39 is 0 Å². The van der Waals surface area contributed by atoms with Gasteiger partial charge in [0.25, 0.3) is 5.91 Å². The number of rotatable bonds is 7. The Morgan fingerprint density at radius 2 is 1.75 bits per heavy atom. The molecule has 0 spiro atoms. The third-order valence-corrected chi connectivity index (χ3v) is 8.16. The smallest absolute Gasteiger partial charge is 0.254 e. The molecule has 0 fully saturated rings. The van der Waals surface area contributed by atoms with Gasteiger partial charge in [0, 0.05) is 23.5 Å². The number of nitrogens with zero attached hydrogens (tertiary/aromatic N) is 2. The Kier molecular flexibility index (Phi) is 7.19. The molecule has 1 aliphatic heterocycles. The van der Waals surface area contributed by atoms with Gasteiger partial charge >= 0.3 is 0 Å². The fourth-order valence-corrected chi connectivity index (χ4v) is 6.08. The largest absolute Gasteiger partial charge is 0.330 e. The lowest BCUT2D eigenvalue weighted by Crippen LogP contribution is -2.47. The molecule has 0 N–H and O–H groups in total. The first-order valence-corrected chi connectivity index (χ1v) is 13.6. The van der Waals surface area contributed by atoms with Crippen molar-refractivity contribution in [2.75, 3.05) is 19.6 Å². The first-order valence-electron chi connectivity index (χ1n) is 12.8. The quantitative estimate of drug-likeness (QED) is 0.288. The predicted molar refractivity (Wildman–Crippen MR) is 148 cm³/mol. The number of benzene rings is 3. The monoisotopic (exact) mass is 496 g/mol. The number of amides is 2. The number of hydrogen-bond acceptors (Lipinski definition) is 3. The highest BCUT2D eigenvalue weighted by Gasteiger charge is 2.34. The molecule has 5 heteroatoms. The number of carbonyl (C=O) groups excluding carboxylic acids is 2. The summed E-state index contributed by atoms with van der Waals surface area (Å²) in [5.41, 5.74) is 4.18. The van der Waals surface area contributed by atoms with Crippen LogP contribution < -0.4 is 0 Å². The van der Waals surface area contributed by atoms with Gasteiger partial charge in [0.05, 0.1) is 6.04 Å². The molecule has 1 aromatic heterocycles. The summed E-state index contributed by atoms with van der Waals surface area (Å²) in [4.78, 5) is 32.6. The molecule has 184 valence electrons. The van der Waals surface area contributed by atoms with Crippen LogP contribution in [-0.2, 0) is 11.2 Å². The fourth-order valence-electron chi connectivity index (χ4n) is 5.17. The van der Waals surface area contributed by atoms with Crippen LogP contribution in [0.3, 0.4) is 0 Å². The van der Waals surface area contributed by atoms with E-state index in [-0.39, 0.29) is 24.4 Å². The number of thiophene rings is 1. The van der Waals surface area contributed by atoms with Gasteiger partial charge in [-0.1, -0.05) is 67.9 Å². The summed E-state index contributed by atoms with van der Waals surface area (Å²) in [6.45, 7) is 5.54. The lowest BCUT2D eigenvalue weighted by molar-refractivity contribution is -0.134. The second kappa shape index (κ2) is 10.7. The SMILES string of the molecule is CCCCN(CC(=O)N1CCc2sccc2[C@@H]1c1ccccc1C)C(=O)c1ccc2ccccc2c1. The molecular weight excluding hydrogens is 464 g/mol. The Labute approximate surface area is 217 Å². The number of aryl methyl sites for hydroxylation is 1. The Hall–Kier alpha value is -3.44. The van der Waals surface area contributed by atoms with Gasteiger partial charge in [-0.15, -0.1) is 11.3 Å². The molecule has 0 radical (unpaired) electrons. The molecule has 36 heavy (non-hydrogen) atoms. The highest BCUT2D eigenvalue weighted by molar-refractivity contribution is 7.10. The average molecular weight is 497 g/mol. The molecular formula is C31H32N2O2S. The van der Waals surface area contributed by atoms with Crippen molar-refractivity contribution >= 4 is 33.9 Å². The summed E-state index contributed by atoms with van der Waals surface area (Å²) in [6.07, 6.45) is 2.68. The summed E-state index contributed by atoms with van der Waals surface area (Å²) >= 11 is 1.77. The van der Waals surface area contributed by atoms with Crippen LogP contribution in [0, 0.1) is 6.92 Å².